The topological polar surface area (TPSA) is 177 Å². The fourth-order valence-corrected chi connectivity index (χ4v) is 5.55. The molecule has 6 N–H and O–H groups in total. The first kappa shape index (κ1) is 36.3. The van der Waals surface area contributed by atoms with Gasteiger partial charge < -0.3 is 31.5 Å². The fourth-order valence-electron chi connectivity index (χ4n) is 5.42. The normalized spacial score (nSPS) is 17.8. The van der Waals surface area contributed by atoms with Crippen LogP contribution in [0.15, 0.2) is 48.5 Å². The predicted octanol–water partition coefficient (Wildman–Crippen LogP) is 4.91. The van der Waals surface area contributed by atoms with E-state index in [-0.39, 0.29) is 42.4 Å². The number of nitrogens with zero attached hydrogens (tertiary/aromatic N) is 1. The molecule has 1 saturated heterocycles. The number of carbonyl (C=O) groups is 5. The number of carboxylic acids is 2. The number of rotatable bonds is 14. The second-order valence-electron chi connectivity index (χ2n) is 13.0. The molecule has 250 valence electrons. The summed E-state index contributed by atoms with van der Waals surface area (Å²) in [5, 5.41) is 30.5. The minimum atomic E-state index is -1.16. The van der Waals surface area contributed by atoms with Gasteiger partial charge in [0.2, 0.25) is 11.8 Å². The summed E-state index contributed by atoms with van der Waals surface area (Å²) in [5.74, 6) is -3.01. The summed E-state index contributed by atoms with van der Waals surface area (Å²) in [6, 6.07) is 11.0. The van der Waals surface area contributed by atoms with Crippen LogP contribution in [0.1, 0.15) is 70.8 Å². The summed E-state index contributed by atoms with van der Waals surface area (Å²) in [6.07, 6.45) is 1.69. The van der Waals surface area contributed by atoms with Gasteiger partial charge in [-0.2, -0.15) is 0 Å². The van der Waals surface area contributed by atoms with Crippen LogP contribution in [0.5, 0.6) is 0 Å². The SMILES string of the molecule is CN1CC(c2ccc(NC(=O)Nc3ccc(Cl)cc3)cc2)CC1C(=O)NC(CCCCC(NC(=O)CC(C)(C)C)C(=O)O)C(=O)O. The molecule has 13 heteroatoms. The lowest BCUT2D eigenvalue weighted by Gasteiger charge is -2.22. The maximum absolute atomic E-state index is 13.2. The molecule has 1 fully saturated rings. The summed E-state index contributed by atoms with van der Waals surface area (Å²) >= 11 is 5.88. The second-order valence-corrected chi connectivity index (χ2v) is 13.4. The number of anilines is 2. The maximum atomic E-state index is 13.2. The van der Waals surface area contributed by atoms with E-state index >= 15 is 0 Å². The van der Waals surface area contributed by atoms with Crippen molar-refractivity contribution >= 4 is 52.8 Å². The molecule has 4 unspecified atom stereocenters. The zero-order chi connectivity index (χ0) is 34.0. The number of halogens is 1. The van der Waals surface area contributed by atoms with E-state index in [4.69, 9.17) is 11.6 Å². The van der Waals surface area contributed by atoms with Crippen molar-refractivity contribution in [2.75, 3.05) is 24.2 Å². The average Bonchev–Trinajstić information content (AvgIpc) is 3.35. The molecule has 0 saturated carbocycles. The van der Waals surface area contributed by atoms with Crippen LogP contribution >= 0.6 is 11.6 Å². The van der Waals surface area contributed by atoms with Gasteiger partial charge in [0, 0.05) is 29.4 Å². The summed E-state index contributed by atoms with van der Waals surface area (Å²) < 4.78 is 0. The smallest absolute Gasteiger partial charge is 0.326 e. The molecule has 4 atom stereocenters. The van der Waals surface area contributed by atoms with Gasteiger partial charge in [0.15, 0.2) is 0 Å². The van der Waals surface area contributed by atoms with E-state index in [2.05, 4.69) is 21.3 Å². The number of likely N-dealkylation sites (N-methyl/N-ethyl adjacent to an activating group) is 1. The van der Waals surface area contributed by atoms with Crippen LogP contribution in [0, 0.1) is 5.41 Å². The third-order valence-electron chi connectivity index (χ3n) is 7.77. The number of carbonyl (C=O) groups excluding carboxylic acids is 3. The molecule has 1 aliphatic rings. The van der Waals surface area contributed by atoms with Gasteiger partial charge in [-0.25, -0.2) is 14.4 Å². The number of benzene rings is 2. The van der Waals surface area contributed by atoms with Crippen molar-refractivity contribution in [1.29, 1.82) is 0 Å². The quantitative estimate of drug-likeness (QED) is 0.155. The predicted molar refractivity (Wildman–Crippen MR) is 176 cm³/mol. The Kier molecular flexibility index (Phi) is 13.0. The molecule has 0 radical (unpaired) electrons. The van der Waals surface area contributed by atoms with Gasteiger partial charge in [0.05, 0.1) is 6.04 Å². The van der Waals surface area contributed by atoms with Crippen molar-refractivity contribution < 1.29 is 34.2 Å². The van der Waals surface area contributed by atoms with Gasteiger partial charge in [0.1, 0.15) is 12.1 Å². The number of amides is 4. The van der Waals surface area contributed by atoms with E-state index in [0.29, 0.717) is 42.2 Å². The third kappa shape index (κ3) is 11.6. The monoisotopic (exact) mass is 657 g/mol. The Morgan fingerprint density at radius 1 is 0.848 bits per heavy atom. The lowest BCUT2D eigenvalue weighted by Crippen LogP contribution is -2.48. The number of likely N-dealkylation sites (tertiary alicyclic amines) is 1. The zero-order valence-electron chi connectivity index (χ0n) is 26.6. The Bertz CT molecular complexity index is 1380. The average molecular weight is 658 g/mol. The van der Waals surface area contributed by atoms with Crippen molar-refractivity contribution in [3.8, 4) is 0 Å². The minimum Gasteiger partial charge on any atom is -0.480 e. The van der Waals surface area contributed by atoms with Crippen LogP contribution in [-0.2, 0) is 19.2 Å². The van der Waals surface area contributed by atoms with Gasteiger partial charge in [-0.1, -0.05) is 57.3 Å². The molecule has 0 bridgehead atoms. The van der Waals surface area contributed by atoms with Crippen molar-refractivity contribution in [3.63, 3.8) is 0 Å². The molecular formula is C33H44ClN5O7. The second kappa shape index (κ2) is 16.4. The van der Waals surface area contributed by atoms with E-state index in [1.807, 2.05) is 44.9 Å². The van der Waals surface area contributed by atoms with E-state index in [0.717, 1.165) is 5.56 Å². The maximum Gasteiger partial charge on any atom is 0.326 e. The lowest BCUT2D eigenvalue weighted by molar-refractivity contribution is -0.143. The van der Waals surface area contributed by atoms with Crippen LogP contribution < -0.4 is 21.3 Å². The molecule has 4 amide bonds. The highest BCUT2D eigenvalue weighted by molar-refractivity contribution is 6.30. The first-order valence-electron chi connectivity index (χ1n) is 15.3. The molecular weight excluding hydrogens is 614 g/mol. The number of urea groups is 1. The summed E-state index contributed by atoms with van der Waals surface area (Å²) in [5.41, 5.74) is 1.91. The molecule has 0 aromatic heterocycles. The van der Waals surface area contributed by atoms with Crippen molar-refractivity contribution in [2.24, 2.45) is 5.41 Å². The van der Waals surface area contributed by atoms with Crippen LogP contribution in [-0.4, -0.2) is 76.6 Å². The van der Waals surface area contributed by atoms with Gasteiger partial charge in [-0.15, -0.1) is 0 Å². The van der Waals surface area contributed by atoms with Crippen molar-refractivity contribution in [2.45, 2.75) is 83.3 Å². The summed E-state index contributed by atoms with van der Waals surface area (Å²) in [7, 11) is 1.82. The van der Waals surface area contributed by atoms with Crippen molar-refractivity contribution in [1.82, 2.24) is 15.5 Å². The van der Waals surface area contributed by atoms with Crippen LogP contribution in [0.25, 0.3) is 0 Å². The molecule has 46 heavy (non-hydrogen) atoms. The molecule has 2 aromatic carbocycles. The molecule has 1 heterocycles. The Morgan fingerprint density at radius 2 is 1.35 bits per heavy atom. The van der Waals surface area contributed by atoms with E-state index in [1.54, 1.807) is 36.4 Å². The Hall–Kier alpha value is -4.16. The lowest BCUT2D eigenvalue weighted by atomic mass is 9.91. The number of carboxylic acid groups (broad SMARTS) is 2. The molecule has 0 aliphatic carbocycles. The summed E-state index contributed by atoms with van der Waals surface area (Å²) in [6.45, 7) is 6.25. The number of hydrogen-bond acceptors (Lipinski definition) is 6. The number of aliphatic carboxylic acids is 2. The Morgan fingerprint density at radius 3 is 1.85 bits per heavy atom. The van der Waals surface area contributed by atoms with Crippen molar-refractivity contribution in [3.05, 3.63) is 59.1 Å². The van der Waals surface area contributed by atoms with Crippen LogP contribution in [0.4, 0.5) is 16.2 Å². The van der Waals surface area contributed by atoms with Gasteiger partial charge in [-0.05, 0) is 79.6 Å². The molecule has 2 aromatic rings. The third-order valence-corrected chi connectivity index (χ3v) is 8.02. The molecule has 12 nitrogen and oxygen atoms in total. The van der Waals surface area contributed by atoms with Gasteiger partial charge in [0.25, 0.3) is 0 Å². The standard InChI is InChI=1S/C33H44ClN5O7/c1-33(2,3)18-28(40)37-25(30(42)43)7-5-6-8-26(31(44)45)38-29(41)27-17-21(19-39(27)4)20-9-13-23(14-10-20)35-32(46)36-24-15-11-22(34)12-16-24/h9-16,21,25-27H,5-8,17-19H2,1-4H3,(H,37,40)(H,38,41)(H,42,43)(H,44,45)(H2,35,36,46). The minimum absolute atomic E-state index is 0.0300. The van der Waals surface area contributed by atoms with E-state index in [9.17, 15) is 34.2 Å². The zero-order valence-corrected chi connectivity index (χ0v) is 27.4. The fraction of sp³-hybridized carbons (Fsp3) is 0.485. The molecule has 1 aliphatic heterocycles. The number of nitrogens with one attached hydrogen (secondary N) is 4. The van der Waals surface area contributed by atoms with E-state index < -0.39 is 36.1 Å². The van der Waals surface area contributed by atoms with Gasteiger partial charge in [-0.3, -0.25) is 14.5 Å². The highest BCUT2D eigenvalue weighted by Gasteiger charge is 2.36. The molecule has 0 spiro atoms. The Labute approximate surface area is 274 Å². The van der Waals surface area contributed by atoms with Crippen LogP contribution in [0.3, 0.4) is 0 Å². The Balaban J connectivity index is 1.47. The first-order chi connectivity index (χ1) is 21.6. The van der Waals surface area contributed by atoms with Crippen LogP contribution in [0.2, 0.25) is 5.02 Å². The summed E-state index contributed by atoms with van der Waals surface area (Å²) in [4.78, 5) is 63.1. The molecule has 3 rings (SSSR count). The van der Waals surface area contributed by atoms with Gasteiger partial charge >= 0.3 is 18.0 Å². The number of unbranched alkanes of at least 4 members (excludes halogenated alkanes) is 1. The highest BCUT2D eigenvalue weighted by Crippen LogP contribution is 2.32. The number of hydrogen-bond donors (Lipinski definition) is 6. The largest absolute Gasteiger partial charge is 0.480 e. The highest BCUT2D eigenvalue weighted by atomic mass is 35.5. The van der Waals surface area contributed by atoms with E-state index in [1.165, 1.54) is 0 Å². The first-order valence-corrected chi connectivity index (χ1v) is 15.7.